The fourth-order valence-electron chi connectivity index (χ4n) is 5.94. The number of ether oxygens (including phenoxy) is 4. The lowest BCUT2D eigenvalue weighted by atomic mass is 9.98. The van der Waals surface area contributed by atoms with E-state index in [2.05, 4.69) is 9.80 Å². The number of rotatable bonds is 11. The van der Waals surface area contributed by atoms with Crippen molar-refractivity contribution in [1.29, 1.82) is 0 Å². The predicted molar refractivity (Wildman–Crippen MR) is 153 cm³/mol. The third-order valence-corrected chi connectivity index (χ3v) is 8.10. The summed E-state index contributed by atoms with van der Waals surface area (Å²) in [7, 11) is 4.48. The van der Waals surface area contributed by atoms with E-state index in [9.17, 15) is 35.5 Å². The minimum absolute atomic E-state index is 0.00297. The van der Waals surface area contributed by atoms with Crippen molar-refractivity contribution >= 4 is 5.91 Å². The molecule has 0 aliphatic carbocycles. The highest BCUT2D eigenvalue weighted by Crippen LogP contribution is 2.37. The molecule has 15 heteroatoms. The van der Waals surface area contributed by atoms with Gasteiger partial charge in [0.25, 0.3) is 5.91 Å². The van der Waals surface area contributed by atoms with E-state index in [1.165, 1.54) is 30.2 Å². The second-order valence-electron chi connectivity index (χ2n) is 11.5. The van der Waals surface area contributed by atoms with Gasteiger partial charge in [-0.3, -0.25) is 14.6 Å². The Labute approximate surface area is 262 Å². The number of hydrogen-bond acceptors (Lipinski definition) is 7. The molecule has 0 saturated carbocycles. The Morgan fingerprint density at radius 1 is 0.826 bits per heavy atom. The van der Waals surface area contributed by atoms with Crippen LogP contribution < -0.4 is 4.74 Å². The van der Waals surface area contributed by atoms with Crippen LogP contribution >= 0.6 is 0 Å². The zero-order chi connectivity index (χ0) is 33.6. The van der Waals surface area contributed by atoms with E-state index in [1.807, 2.05) is 0 Å². The minimum Gasteiger partial charge on any atom is -0.494 e. The van der Waals surface area contributed by atoms with Crippen molar-refractivity contribution < 1.29 is 54.5 Å². The summed E-state index contributed by atoms with van der Waals surface area (Å²) in [5, 5.41) is 0. The molecule has 0 N–H and O–H groups in total. The molecule has 2 heterocycles. The van der Waals surface area contributed by atoms with Crippen LogP contribution in [0.2, 0.25) is 0 Å². The molecule has 2 aromatic rings. The molecule has 3 atom stereocenters. The Bertz CT molecular complexity index is 1280. The van der Waals surface area contributed by atoms with Gasteiger partial charge in [0.2, 0.25) is 0 Å². The van der Waals surface area contributed by atoms with Crippen LogP contribution in [0.3, 0.4) is 0 Å². The first kappa shape index (κ1) is 35.9. The number of carbonyl (C=O) groups is 1. The van der Waals surface area contributed by atoms with E-state index in [1.54, 1.807) is 14.2 Å². The van der Waals surface area contributed by atoms with Crippen LogP contribution in [0.4, 0.5) is 30.7 Å². The van der Waals surface area contributed by atoms with Gasteiger partial charge in [-0.05, 0) is 42.3 Å². The number of benzene rings is 2. The van der Waals surface area contributed by atoms with E-state index in [0.717, 1.165) is 0 Å². The highest BCUT2D eigenvalue weighted by Gasteiger charge is 2.39. The molecule has 0 radical (unpaired) electrons. The third-order valence-electron chi connectivity index (χ3n) is 8.10. The Morgan fingerprint density at radius 3 is 1.96 bits per heavy atom. The molecule has 1 amide bonds. The summed E-state index contributed by atoms with van der Waals surface area (Å²) >= 11 is 0. The zero-order valence-corrected chi connectivity index (χ0v) is 25.8. The summed E-state index contributed by atoms with van der Waals surface area (Å²) in [4.78, 5) is 19.3. The highest BCUT2D eigenvalue weighted by molar-refractivity contribution is 5.95. The SMILES string of the molecule is COC[C@@H]1CN(CCN2CCN(C(=O)c3cc(C(F)(F)F)cc(C(F)(F)F)c3)[C@H](Cc3ccc(F)c(OC)c3)C2)C[C@H](COC)O1. The zero-order valence-electron chi connectivity index (χ0n) is 25.8. The average Bonchev–Trinajstić information content (AvgIpc) is 3.00. The lowest BCUT2D eigenvalue weighted by molar-refractivity contribution is -0.143. The number of hydrogen-bond donors (Lipinski definition) is 0. The third kappa shape index (κ3) is 9.31. The van der Waals surface area contributed by atoms with Gasteiger partial charge in [-0.15, -0.1) is 0 Å². The lowest BCUT2D eigenvalue weighted by Crippen LogP contribution is -2.58. The van der Waals surface area contributed by atoms with Crippen molar-refractivity contribution in [1.82, 2.24) is 14.7 Å². The van der Waals surface area contributed by atoms with Crippen LogP contribution in [-0.2, 0) is 33.0 Å². The number of carbonyl (C=O) groups excluding carboxylic acids is 1. The molecule has 4 rings (SSSR count). The van der Waals surface area contributed by atoms with E-state index in [0.29, 0.717) is 63.6 Å². The van der Waals surface area contributed by atoms with Gasteiger partial charge in [-0.25, -0.2) is 4.39 Å². The van der Waals surface area contributed by atoms with E-state index < -0.39 is 46.8 Å². The summed E-state index contributed by atoms with van der Waals surface area (Å²) in [5.41, 5.74) is -3.25. The number of halogens is 7. The van der Waals surface area contributed by atoms with Gasteiger partial charge in [0.15, 0.2) is 11.6 Å². The predicted octanol–water partition coefficient (Wildman–Crippen LogP) is 4.60. The molecule has 2 aromatic carbocycles. The van der Waals surface area contributed by atoms with Gasteiger partial charge in [0.05, 0.1) is 43.7 Å². The van der Waals surface area contributed by atoms with Crippen molar-refractivity contribution in [2.45, 2.75) is 37.0 Å². The maximum atomic E-state index is 14.1. The van der Waals surface area contributed by atoms with Crippen LogP contribution in [0, 0.1) is 5.82 Å². The van der Waals surface area contributed by atoms with Gasteiger partial charge in [0.1, 0.15) is 0 Å². The second-order valence-corrected chi connectivity index (χ2v) is 11.5. The summed E-state index contributed by atoms with van der Waals surface area (Å²) in [5.74, 6) is -1.58. The van der Waals surface area contributed by atoms with E-state index in [4.69, 9.17) is 18.9 Å². The average molecular weight is 666 g/mol. The number of nitrogens with zero attached hydrogens (tertiary/aromatic N) is 3. The summed E-state index contributed by atoms with van der Waals surface area (Å²) in [6.07, 6.45) is -10.3. The highest BCUT2D eigenvalue weighted by atomic mass is 19.4. The molecule has 0 spiro atoms. The minimum atomic E-state index is -5.09. The van der Waals surface area contributed by atoms with Crippen LogP contribution in [-0.4, -0.2) is 119 Å². The van der Waals surface area contributed by atoms with E-state index >= 15 is 0 Å². The molecule has 0 aromatic heterocycles. The van der Waals surface area contributed by atoms with Crippen molar-refractivity contribution in [3.8, 4) is 5.75 Å². The molecular formula is C31H38F7N3O5. The fourth-order valence-corrected chi connectivity index (χ4v) is 5.94. The normalized spacial score (nSPS) is 21.9. The van der Waals surface area contributed by atoms with Crippen molar-refractivity contribution in [2.24, 2.45) is 0 Å². The molecule has 256 valence electrons. The Hall–Kier alpha value is -2.98. The molecule has 2 fully saturated rings. The largest absolute Gasteiger partial charge is 0.494 e. The van der Waals surface area contributed by atoms with Crippen LogP contribution in [0.5, 0.6) is 5.75 Å². The smallest absolute Gasteiger partial charge is 0.416 e. The lowest BCUT2D eigenvalue weighted by Gasteiger charge is -2.43. The molecule has 0 unspecified atom stereocenters. The van der Waals surface area contributed by atoms with Gasteiger partial charge in [0, 0.05) is 71.6 Å². The first-order valence-electron chi connectivity index (χ1n) is 14.7. The summed E-state index contributed by atoms with van der Waals surface area (Å²) in [6.45, 7) is 3.96. The molecule has 46 heavy (non-hydrogen) atoms. The second kappa shape index (κ2) is 15.3. The quantitative estimate of drug-likeness (QED) is 0.326. The maximum Gasteiger partial charge on any atom is 0.416 e. The molecule has 0 bridgehead atoms. The standard InChI is InChI=1S/C31H38F7N3O5/c1-43-18-25-16-40(17-26(46-25)19-44-2)7-6-39-8-9-41(24(15-39)10-20-4-5-27(32)28(11-20)45-3)29(42)21-12-22(30(33,34)35)14-23(13-21)31(36,37)38/h4-5,11-14,24-26H,6-10,15-19H2,1-3H3/t24-,25-,26+/m1/s1. The number of alkyl halides is 6. The molecule has 2 aliphatic rings. The summed E-state index contributed by atoms with van der Waals surface area (Å²) in [6, 6.07) is 4.42. The molecule has 2 aliphatic heterocycles. The van der Waals surface area contributed by atoms with E-state index in [-0.39, 0.29) is 43.5 Å². The van der Waals surface area contributed by atoms with Gasteiger partial charge >= 0.3 is 12.4 Å². The van der Waals surface area contributed by atoms with Gasteiger partial charge < -0.3 is 23.8 Å². The van der Waals surface area contributed by atoms with Gasteiger partial charge in [-0.2, -0.15) is 26.3 Å². The monoisotopic (exact) mass is 665 g/mol. The molecule has 8 nitrogen and oxygen atoms in total. The number of amides is 1. The first-order chi connectivity index (χ1) is 21.7. The van der Waals surface area contributed by atoms with Gasteiger partial charge in [-0.1, -0.05) is 6.07 Å². The maximum absolute atomic E-state index is 14.1. The number of piperazine rings is 1. The first-order valence-corrected chi connectivity index (χ1v) is 14.7. The molecular weight excluding hydrogens is 627 g/mol. The number of methoxy groups -OCH3 is 3. The number of morpholine rings is 1. The Morgan fingerprint density at radius 2 is 1.41 bits per heavy atom. The van der Waals surface area contributed by atoms with Crippen molar-refractivity contribution in [3.05, 3.63) is 64.5 Å². The van der Waals surface area contributed by atoms with Crippen molar-refractivity contribution in [3.63, 3.8) is 0 Å². The van der Waals surface area contributed by atoms with Crippen LogP contribution in [0.25, 0.3) is 0 Å². The van der Waals surface area contributed by atoms with Crippen LogP contribution in [0.1, 0.15) is 27.0 Å². The van der Waals surface area contributed by atoms with Crippen LogP contribution in [0.15, 0.2) is 36.4 Å². The van der Waals surface area contributed by atoms with Crippen molar-refractivity contribution in [2.75, 3.05) is 80.4 Å². The topological polar surface area (TPSA) is 63.7 Å². The Kier molecular flexibility index (Phi) is 11.9. The summed E-state index contributed by atoms with van der Waals surface area (Å²) < 4.78 is 117. The Balaban J connectivity index is 1.57. The fraction of sp³-hybridized carbons (Fsp3) is 0.581. The molecule has 2 saturated heterocycles.